The van der Waals surface area contributed by atoms with E-state index in [9.17, 15) is 9.59 Å². The molecule has 1 aromatic carbocycles. The van der Waals surface area contributed by atoms with Crippen LogP contribution in [-0.2, 0) is 9.59 Å². The van der Waals surface area contributed by atoms with Gasteiger partial charge in [-0.3, -0.25) is 0 Å². The van der Waals surface area contributed by atoms with E-state index in [0.29, 0.717) is 6.42 Å². The molecule has 0 saturated heterocycles. The minimum atomic E-state index is -1.04. The lowest BCUT2D eigenvalue weighted by Gasteiger charge is -1.99. The van der Waals surface area contributed by atoms with Crippen LogP contribution in [0.1, 0.15) is 38.7 Å². The van der Waals surface area contributed by atoms with Gasteiger partial charge in [0.05, 0.1) is 0 Å². The van der Waals surface area contributed by atoms with Gasteiger partial charge in [-0.2, -0.15) is 0 Å². The Labute approximate surface area is 137 Å². The Kier molecular flexibility index (Phi) is 10.6. The minimum absolute atomic E-state index is 0.130. The molecular weight excluding hydrogens is 292 g/mol. The molecule has 0 atom stereocenters. The Bertz CT molecular complexity index is 568. The molecule has 0 aliphatic carbocycles. The lowest BCUT2D eigenvalue weighted by atomic mass is 10.1. The zero-order valence-corrected chi connectivity index (χ0v) is 13.7. The van der Waals surface area contributed by atoms with Crippen molar-refractivity contribution in [3.63, 3.8) is 0 Å². The Balaban J connectivity index is 0.000000502. The third kappa shape index (κ3) is 9.85. The van der Waals surface area contributed by atoms with Gasteiger partial charge in [0.25, 0.3) is 0 Å². The number of benzene rings is 1. The molecule has 0 amide bonds. The fourth-order valence-electron chi connectivity index (χ4n) is 1.51. The number of allylic oxidation sites excluding steroid dienone is 2. The van der Waals surface area contributed by atoms with E-state index in [1.54, 1.807) is 0 Å². The van der Waals surface area contributed by atoms with Crippen molar-refractivity contribution in [2.24, 2.45) is 0 Å². The van der Waals surface area contributed by atoms with Gasteiger partial charge in [-0.1, -0.05) is 68.5 Å². The van der Waals surface area contributed by atoms with E-state index in [-0.39, 0.29) is 11.1 Å². The van der Waals surface area contributed by atoms with Crippen LogP contribution in [0.4, 0.5) is 0 Å². The van der Waals surface area contributed by atoms with Crippen molar-refractivity contribution in [2.45, 2.75) is 33.1 Å². The topological polar surface area (TPSA) is 74.6 Å². The molecule has 1 aromatic rings. The summed E-state index contributed by atoms with van der Waals surface area (Å²) in [5, 5.41) is 17.4. The summed E-state index contributed by atoms with van der Waals surface area (Å²) in [4.78, 5) is 21.2. The molecular formula is C19H24O4. The first-order valence-electron chi connectivity index (χ1n) is 7.43. The molecule has 0 saturated carbocycles. The summed E-state index contributed by atoms with van der Waals surface area (Å²) in [5.74, 6) is -2.02. The zero-order valence-electron chi connectivity index (χ0n) is 13.7. The molecule has 0 heterocycles. The quantitative estimate of drug-likeness (QED) is 0.571. The van der Waals surface area contributed by atoms with Crippen molar-refractivity contribution in [2.75, 3.05) is 0 Å². The van der Waals surface area contributed by atoms with Gasteiger partial charge in [0, 0.05) is 11.1 Å². The molecule has 0 unspecified atom stereocenters. The normalized spacial score (nSPS) is 11.2. The van der Waals surface area contributed by atoms with Crippen molar-refractivity contribution < 1.29 is 19.8 Å². The molecule has 0 radical (unpaired) electrons. The number of carboxylic acid groups (broad SMARTS) is 2. The van der Waals surface area contributed by atoms with Crippen LogP contribution < -0.4 is 0 Å². The second-order valence-corrected chi connectivity index (χ2v) is 4.87. The van der Waals surface area contributed by atoms with Gasteiger partial charge in [0.1, 0.15) is 0 Å². The van der Waals surface area contributed by atoms with Gasteiger partial charge in [-0.15, -0.1) is 0 Å². The van der Waals surface area contributed by atoms with E-state index in [2.05, 4.69) is 6.58 Å². The summed E-state index contributed by atoms with van der Waals surface area (Å²) in [7, 11) is 0. The monoisotopic (exact) mass is 316 g/mol. The first-order chi connectivity index (χ1) is 10.9. The molecule has 0 aromatic heterocycles. The third-order valence-corrected chi connectivity index (χ3v) is 2.98. The second-order valence-electron chi connectivity index (χ2n) is 4.87. The van der Waals surface area contributed by atoms with Gasteiger partial charge in [-0.05, 0) is 25.3 Å². The number of unbranched alkanes of at least 4 members (excludes halogenated alkanes) is 1. The van der Waals surface area contributed by atoms with Crippen molar-refractivity contribution >= 4 is 18.0 Å². The number of aliphatic carboxylic acids is 2. The average Bonchev–Trinajstić information content (AvgIpc) is 2.55. The van der Waals surface area contributed by atoms with Crippen LogP contribution >= 0.6 is 0 Å². The van der Waals surface area contributed by atoms with Crippen LogP contribution in [0.15, 0.2) is 60.2 Å². The van der Waals surface area contributed by atoms with Gasteiger partial charge in [-0.25, -0.2) is 9.59 Å². The van der Waals surface area contributed by atoms with Crippen LogP contribution in [0.25, 0.3) is 6.08 Å². The lowest BCUT2D eigenvalue weighted by molar-refractivity contribution is -0.133. The van der Waals surface area contributed by atoms with Crippen molar-refractivity contribution in [3.8, 4) is 0 Å². The maximum atomic E-state index is 10.7. The summed E-state index contributed by atoms with van der Waals surface area (Å²) in [6.07, 6.45) is 6.68. The largest absolute Gasteiger partial charge is 0.478 e. The zero-order chi connectivity index (χ0) is 17.7. The molecule has 0 spiro atoms. The second kappa shape index (κ2) is 12.0. The van der Waals surface area contributed by atoms with Gasteiger partial charge in [0.2, 0.25) is 0 Å². The predicted molar refractivity (Wildman–Crippen MR) is 93.2 cm³/mol. The summed E-state index contributed by atoms with van der Waals surface area (Å²) in [6, 6.07) is 10.0. The molecule has 124 valence electrons. The molecule has 0 fully saturated rings. The van der Waals surface area contributed by atoms with Gasteiger partial charge in [0.15, 0.2) is 0 Å². The summed E-state index contributed by atoms with van der Waals surface area (Å²) in [6.45, 7) is 7.03. The average molecular weight is 316 g/mol. The maximum Gasteiger partial charge on any atom is 0.331 e. The van der Waals surface area contributed by atoms with E-state index >= 15 is 0 Å². The Morgan fingerprint density at radius 3 is 2.09 bits per heavy atom. The highest BCUT2D eigenvalue weighted by Gasteiger charge is 2.05. The summed E-state index contributed by atoms with van der Waals surface area (Å²) >= 11 is 0. The van der Waals surface area contributed by atoms with Crippen molar-refractivity contribution in [1.29, 1.82) is 0 Å². The first kappa shape index (κ1) is 20.4. The van der Waals surface area contributed by atoms with Crippen LogP contribution in [0.5, 0.6) is 0 Å². The highest BCUT2D eigenvalue weighted by Crippen LogP contribution is 2.08. The molecule has 2 N–H and O–H groups in total. The number of carboxylic acids is 2. The minimum Gasteiger partial charge on any atom is -0.478 e. The van der Waals surface area contributed by atoms with Crippen LogP contribution in [0.3, 0.4) is 0 Å². The number of hydrogen-bond donors (Lipinski definition) is 2. The van der Waals surface area contributed by atoms with Crippen molar-refractivity contribution in [1.82, 2.24) is 0 Å². The lowest BCUT2D eigenvalue weighted by Crippen LogP contribution is -2.01. The van der Waals surface area contributed by atoms with E-state index in [1.807, 2.05) is 43.3 Å². The molecule has 1 rings (SSSR count). The highest BCUT2D eigenvalue weighted by atomic mass is 16.4. The third-order valence-electron chi connectivity index (χ3n) is 2.98. The molecule has 4 nitrogen and oxygen atoms in total. The van der Waals surface area contributed by atoms with Crippen molar-refractivity contribution in [3.05, 3.63) is 65.8 Å². The van der Waals surface area contributed by atoms with E-state index < -0.39 is 11.9 Å². The van der Waals surface area contributed by atoms with E-state index in [4.69, 9.17) is 10.2 Å². The fraction of sp³-hybridized carbons (Fsp3) is 0.263. The standard InChI is InChI=1S/C11H16O4.C8H8/c1-3-4-5-9(11(14)15)7-6-8(2)10(12)13;1-2-8-6-4-3-5-7-8/h6-7H,3-5H2,1-2H3,(H,12,13)(H,14,15);2-7H,1H2. The Hall–Kier alpha value is -2.62. The highest BCUT2D eigenvalue weighted by molar-refractivity contribution is 5.89. The fourth-order valence-corrected chi connectivity index (χ4v) is 1.51. The molecule has 4 heteroatoms. The smallest absolute Gasteiger partial charge is 0.331 e. The molecule has 0 aliphatic rings. The van der Waals surface area contributed by atoms with Gasteiger partial charge < -0.3 is 10.2 Å². The summed E-state index contributed by atoms with van der Waals surface area (Å²) in [5.41, 5.74) is 1.55. The van der Waals surface area contributed by atoms with Crippen LogP contribution in [0, 0.1) is 0 Å². The van der Waals surface area contributed by atoms with Crippen LogP contribution in [0.2, 0.25) is 0 Å². The summed E-state index contributed by atoms with van der Waals surface area (Å²) < 4.78 is 0. The SMILES string of the molecule is C=Cc1ccccc1.CCCCC(=CC=C(C)C(=O)O)C(=O)O. The van der Waals surface area contributed by atoms with Gasteiger partial charge >= 0.3 is 11.9 Å². The molecule has 0 aliphatic heterocycles. The number of carbonyl (C=O) groups is 2. The predicted octanol–water partition coefficient (Wildman–Crippen LogP) is 4.55. The Morgan fingerprint density at radius 2 is 1.70 bits per heavy atom. The Morgan fingerprint density at radius 1 is 1.09 bits per heavy atom. The number of hydrogen-bond acceptors (Lipinski definition) is 2. The number of rotatable bonds is 7. The van der Waals surface area contributed by atoms with Crippen LogP contribution in [-0.4, -0.2) is 22.2 Å². The molecule has 23 heavy (non-hydrogen) atoms. The first-order valence-corrected chi connectivity index (χ1v) is 7.43. The van der Waals surface area contributed by atoms with E-state index in [0.717, 1.165) is 12.8 Å². The molecule has 0 bridgehead atoms. The maximum absolute atomic E-state index is 10.7. The van der Waals surface area contributed by atoms with E-state index in [1.165, 1.54) is 24.6 Å².